The van der Waals surface area contributed by atoms with Gasteiger partial charge in [0.05, 0.1) is 11.9 Å². The first-order valence-corrected chi connectivity index (χ1v) is 16.6. The Morgan fingerprint density at radius 1 is 0.756 bits per heavy atom. The molecule has 3 aromatic rings. The van der Waals surface area contributed by atoms with Gasteiger partial charge in [0.1, 0.15) is 5.82 Å². The Hall–Kier alpha value is -2.98. The molecule has 2 aromatic carbocycles. The van der Waals surface area contributed by atoms with E-state index in [-0.39, 0.29) is 0 Å². The third kappa shape index (κ3) is 4.63. The van der Waals surface area contributed by atoms with Gasteiger partial charge in [-0.1, -0.05) is 74.9 Å². The lowest BCUT2D eigenvalue weighted by atomic mass is 9.76. The second kappa shape index (κ2) is 10.7. The predicted molar refractivity (Wildman–Crippen MR) is 169 cm³/mol. The molecule has 0 unspecified atom stereocenters. The molecule has 3 heterocycles. The molecule has 0 radical (unpaired) electrons. The van der Waals surface area contributed by atoms with Crippen LogP contribution in [-0.4, -0.2) is 28.3 Å². The van der Waals surface area contributed by atoms with E-state index in [4.69, 9.17) is 9.98 Å². The van der Waals surface area contributed by atoms with Crippen LogP contribution >= 0.6 is 0 Å². The maximum Gasteiger partial charge on any atom is 0.109 e. The summed E-state index contributed by atoms with van der Waals surface area (Å²) >= 11 is 0. The summed E-state index contributed by atoms with van der Waals surface area (Å²) in [6, 6.07) is 14.7. The number of nitrogens with one attached hydrogen (secondary N) is 2. The summed E-state index contributed by atoms with van der Waals surface area (Å²) in [7, 11) is 0. The second-order valence-electron chi connectivity index (χ2n) is 13.6. The van der Waals surface area contributed by atoms with Crippen molar-refractivity contribution in [3.05, 3.63) is 71.3 Å². The average molecular weight is 545 g/mol. The van der Waals surface area contributed by atoms with Gasteiger partial charge in [-0.05, 0) is 102 Å². The maximum atomic E-state index is 4.97. The van der Waals surface area contributed by atoms with Crippen LogP contribution in [0.15, 0.2) is 53.8 Å². The molecule has 3 fully saturated rings. The summed E-state index contributed by atoms with van der Waals surface area (Å²) in [5.74, 6) is 1.80. The van der Waals surface area contributed by atoms with Gasteiger partial charge in [-0.25, -0.2) is 4.98 Å². The highest BCUT2D eigenvalue weighted by Gasteiger charge is 2.44. The normalized spacial score (nSPS) is 24.0. The van der Waals surface area contributed by atoms with Crippen molar-refractivity contribution in [3.63, 3.8) is 0 Å². The van der Waals surface area contributed by atoms with E-state index in [1.807, 2.05) is 6.20 Å². The van der Waals surface area contributed by atoms with E-state index >= 15 is 0 Å². The minimum atomic E-state index is 0.366. The number of hydrogen-bond acceptors (Lipinski definition) is 3. The van der Waals surface area contributed by atoms with E-state index < -0.39 is 0 Å². The lowest BCUT2D eigenvalue weighted by Crippen LogP contribution is -2.39. The number of hydrogen-bond donors (Lipinski definition) is 2. The molecule has 0 bridgehead atoms. The molecule has 41 heavy (non-hydrogen) atoms. The molecule has 5 aliphatic rings. The molecular formula is C37H44N4. The molecule has 2 saturated carbocycles. The van der Waals surface area contributed by atoms with Crippen LogP contribution in [0.25, 0.3) is 28.0 Å². The van der Waals surface area contributed by atoms with E-state index in [1.54, 1.807) is 11.1 Å². The number of imidazole rings is 1. The number of piperidine rings is 1. The van der Waals surface area contributed by atoms with Gasteiger partial charge in [-0.3, -0.25) is 4.99 Å². The molecule has 1 atom stereocenters. The monoisotopic (exact) mass is 544 g/mol. The zero-order valence-electron chi connectivity index (χ0n) is 24.5. The Morgan fingerprint density at radius 2 is 1.54 bits per heavy atom. The summed E-state index contributed by atoms with van der Waals surface area (Å²) < 4.78 is 0. The van der Waals surface area contributed by atoms with Gasteiger partial charge in [0.25, 0.3) is 0 Å². The van der Waals surface area contributed by atoms with Crippen molar-refractivity contribution in [3.8, 4) is 22.4 Å². The number of rotatable bonds is 5. The van der Waals surface area contributed by atoms with Gasteiger partial charge in [0.2, 0.25) is 0 Å². The first-order chi connectivity index (χ1) is 20.3. The third-order valence-corrected chi connectivity index (χ3v) is 11.2. The van der Waals surface area contributed by atoms with Crippen LogP contribution in [0, 0.1) is 0 Å². The highest BCUT2D eigenvalue weighted by atomic mass is 15.0. The zero-order chi connectivity index (χ0) is 27.2. The van der Waals surface area contributed by atoms with E-state index in [1.165, 1.54) is 129 Å². The summed E-state index contributed by atoms with van der Waals surface area (Å²) in [5, 5.41) is 3.72. The van der Waals surface area contributed by atoms with Crippen LogP contribution in [-0.2, 0) is 11.8 Å². The molecule has 1 spiro atoms. The number of fused-ring (bicyclic) bond motifs is 2. The predicted octanol–water partition coefficient (Wildman–Crippen LogP) is 8.88. The van der Waals surface area contributed by atoms with Crippen LogP contribution in [0.2, 0.25) is 0 Å². The number of nitrogens with zero attached hydrogens (tertiary/aromatic N) is 2. The Balaban J connectivity index is 1.10. The van der Waals surface area contributed by atoms with Crippen LogP contribution < -0.4 is 5.32 Å². The van der Waals surface area contributed by atoms with Crippen LogP contribution in [0.3, 0.4) is 0 Å². The van der Waals surface area contributed by atoms with E-state index in [0.717, 1.165) is 18.7 Å². The molecule has 1 saturated heterocycles. The fourth-order valence-corrected chi connectivity index (χ4v) is 8.95. The molecular weight excluding hydrogens is 500 g/mol. The smallest absolute Gasteiger partial charge is 0.109 e. The second-order valence-corrected chi connectivity index (χ2v) is 13.6. The maximum absolute atomic E-state index is 4.97. The van der Waals surface area contributed by atoms with Gasteiger partial charge in [-0.2, -0.15) is 0 Å². The molecule has 0 amide bonds. The minimum absolute atomic E-state index is 0.366. The molecule has 4 nitrogen and oxygen atoms in total. The quantitative estimate of drug-likeness (QED) is 0.337. The van der Waals surface area contributed by atoms with Crippen molar-refractivity contribution in [1.29, 1.82) is 0 Å². The standard InChI is InChI=1S/C37H44N4/c1-2-8-27(9-3-1)36-40-24-34(41-36)26-13-11-25(12-14-26)30-16-15-29(31-17-20-37(35(30)31)18-5-6-19-37)28-22-33(39-23-28)32-10-4-7-21-38-32/h11-16,23-24,27,32,38H,1-10,17-22H2,(H,40,41)/t32-/m0/s1. The van der Waals surface area contributed by atoms with Gasteiger partial charge < -0.3 is 10.3 Å². The molecule has 4 heteroatoms. The number of aromatic amines is 1. The van der Waals surface area contributed by atoms with Gasteiger partial charge in [0, 0.05) is 30.3 Å². The average Bonchev–Trinajstić information content (AvgIpc) is 3.86. The number of allylic oxidation sites excluding steroid dienone is 1. The van der Waals surface area contributed by atoms with Crippen molar-refractivity contribution in [1.82, 2.24) is 15.3 Å². The molecule has 3 aliphatic carbocycles. The van der Waals surface area contributed by atoms with Gasteiger partial charge >= 0.3 is 0 Å². The summed E-state index contributed by atoms with van der Waals surface area (Å²) in [6.07, 6.45) is 23.7. The fourth-order valence-electron chi connectivity index (χ4n) is 8.95. The lowest BCUT2D eigenvalue weighted by Gasteiger charge is -2.28. The number of aliphatic imine (C=N–C) groups is 1. The SMILES string of the molecule is C1=C(c2ccc(-c3ccc(-c4cnc(C5CCCCC5)[nH]4)cc3)c3c2CCC32CCCC2)CC([C@@H]2CCCCN2)=N1. The van der Waals surface area contributed by atoms with Crippen LogP contribution in [0.5, 0.6) is 0 Å². The first-order valence-electron chi connectivity index (χ1n) is 16.6. The van der Waals surface area contributed by atoms with Crippen molar-refractivity contribution >= 4 is 11.3 Å². The van der Waals surface area contributed by atoms with Gasteiger partial charge in [-0.15, -0.1) is 0 Å². The first kappa shape index (κ1) is 25.7. The van der Waals surface area contributed by atoms with Crippen LogP contribution in [0.1, 0.15) is 118 Å². The minimum Gasteiger partial charge on any atom is -0.342 e. The highest BCUT2D eigenvalue weighted by molar-refractivity contribution is 6.02. The summed E-state index contributed by atoms with van der Waals surface area (Å²) in [5.41, 5.74) is 13.2. The Morgan fingerprint density at radius 3 is 2.34 bits per heavy atom. The van der Waals surface area contributed by atoms with Crippen molar-refractivity contribution in [2.45, 2.75) is 114 Å². The number of H-pyrrole nitrogens is 1. The largest absolute Gasteiger partial charge is 0.342 e. The Bertz CT molecular complexity index is 1470. The van der Waals surface area contributed by atoms with Crippen LogP contribution in [0.4, 0.5) is 0 Å². The van der Waals surface area contributed by atoms with Crippen molar-refractivity contribution in [2.24, 2.45) is 4.99 Å². The molecule has 212 valence electrons. The van der Waals surface area contributed by atoms with Gasteiger partial charge in [0.15, 0.2) is 0 Å². The topological polar surface area (TPSA) is 53.1 Å². The van der Waals surface area contributed by atoms with Crippen molar-refractivity contribution in [2.75, 3.05) is 6.54 Å². The number of benzene rings is 2. The van der Waals surface area contributed by atoms with E-state index in [9.17, 15) is 0 Å². The molecule has 2 N–H and O–H groups in total. The Labute approximate surface area is 245 Å². The zero-order valence-corrected chi connectivity index (χ0v) is 24.5. The van der Waals surface area contributed by atoms with E-state index in [2.05, 4.69) is 52.9 Å². The third-order valence-electron chi connectivity index (χ3n) is 11.2. The summed E-state index contributed by atoms with van der Waals surface area (Å²) in [6.45, 7) is 1.13. The number of aromatic nitrogens is 2. The van der Waals surface area contributed by atoms with E-state index in [0.29, 0.717) is 17.4 Å². The molecule has 2 aliphatic heterocycles. The Kier molecular flexibility index (Phi) is 6.71. The summed E-state index contributed by atoms with van der Waals surface area (Å²) in [4.78, 5) is 13.4. The highest BCUT2D eigenvalue weighted by Crippen LogP contribution is 2.55. The fraction of sp³-hybridized carbons (Fsp3) is 0.514. The molecule has 1 aromatic heterocycles. The van der Waals surface area contributed by atoms with Crippen molar-refractivity contribution < 1.29 is 0 Å². The lowest BCUT2D eigenvalue weighted by molar-refractivity contribution is 0.431. The molecule has 8 rings (SSSR count).